The van der Waals surface area contributed by atoms with E-state index in [2.05, 4.69) is 0 Å². The van der Waals surface area contributed by atoms with Crippen molar-refractivity contribution in [2.45, 2.75) is 26.9 Å². The lowest BCUT2D eigenvalue weighted by atomic mass is 9.95. The fourth-order valence-electron chi connectivity index (χ4n) is 1.30. The standard InChI is InChI=1S/C13H17FO4/c1-8(15)10-6-9(14)4-5-11(10)18-7-13(2,3)12(16)17/h4-6,8,15H,7H2,1-3H3,(H,16,17)/t8-/m0/s1. The van der Waals surface area contributed by atoms with Crippen molar-refractivity contribution < 1.29 is 24.1 Å². The second-order valence-electron chi connectivity index (χ2n) is 4.84. The predicted octanol–water partition coefficient (Wildman–Crippen LogP) is 2.37. The van der Waals surface area contributed by atoms with Gasteiger partial charge in [0.25, 0.3) is 0 Å². The highest BCUT2D eigenvalue weighted by atomic mass is 19.1. The molecule has 0 aromatic heterocycles. The maximum atomic E-state index is 13.0. The summed E-state index contributed by atoms with van der Waals surface area (Å²) in [5.41, 5.74) is -0.749. The zero-order valence-corrected chi connectivity index (χ0v) is 10.6. The molecule has 18 heavy (non-hydrogen) atoms. The van der Waals surface area contributed by atoms with Gasteiger partial charge < -0.3 is 14.9 Å². The Balaban J connectivity index is 2.88. The third kappa shape index (κ3) is 3.43. The molecule has 1 aromatic rings. The number of carbonyl (C=O) groups is 1. The maximum Gasteiger partial charge on any atom is 0.312 e. The SMILES string of the molecule is C[C@H](O)c1cc(F)ccc1OCC(C)(C)C(=O)O. The van der Waals surface area contributed by atoms with Gasteiger partial charge in [0.05, 0.1) is 11.5 Å². The van der Waals surface area contributed by atoms with Crippen LogP contribution in [0.15, 0.2) is 18.2 Å². The number of halogens is 1. The molecule has 5 heteroatoms. The molecule has 100 valence electrons. The van der Waals surface area contributed by atoms with Crippen molar-refractivity contribution in [2.24, 2.45) is 5.41 Å². The van der Waals surface area contributed by atoms with E-state index in [1.165, 1.54) is 39.0 Å². The van der Waals surface area contributed by atoms with Crippen LogP contribution >= 0.6 is 0 Å². The number of aliphatic hydroxyl groups is 1. The number of aliphatic carboxylic acids is 1. The molecule has 4 nitrogen and oxygen atoms in total. The summed E-state index contributed by atoms with van der Waals surface area (Å²) >= 11 is 0. The molecule has 0 aliphatic rings. The Morgan fingerprint density at radius 1 is 1.50 bits per heavy atom. The summed E-state index contributed by atoms with van der Waals surface area (Å²) in [5.74, 6) is -1.17. The molecule has 0 saturated carbocycles. The van der Waals surface area contributed by atoms with Gasteiger partial charge in [-0.3, -0.25) is 4.79 Å². The van der Waals surface area contributed by atoms with Crippen molar-refractivity contribution in [3.63, 3.8) is 0 Å². The molecule has 0 bridgehead atoms. The summed E-state index contributed by atoms with van der Waals surface area (Å²) < 4.78 is 18.4. The predicted molar refractivity (Wildman–Crippen MR) is 63.9 cm³/mol. The fourth-order valence-corrected chi connectivity index (χ4v) is 1.30. The molecular formula is C13H17FO4. The normalized spacial score (nSPS) is 13.2. The Kier molecular flexibility index (Phi) is 4.29. The zero-order chi connectivity index (χ0) is 13.9. The monoisotopic (exact) mass is 256 g/mol. The summed E-state index contributed by atoms with van der Waals surface area (Å²) in [7, 11) is 0. The molecule has 0 aliphatic carbocycles. The number of hydrogen-bond donors (Lipinski definition) is 2. The lowest BCUT2D eigenvalue weighted by Crippen LogP contribution is -2.30. The summed E-state index contributed by atoms with van der Waals surface area (Å²) in [6, 6.07) is 3.76. The molecule has 0 heterocycles. The average molecular weight is 256 g/mol. The van der Waals surface area contributed by atoms with Gasteiger partial charge in [0.2, 0.25) is 0 Å². The van der Waals surface area contributed by atoms with Gasteiger partial charge in [0, 0.05) is 5.56 Å². The number of hydrogen-bond acceptors (Lipinski definition) is 3. The van der Waals surface area contributed by atoms with Crippen LogP contribution in [0.1, 0.15) is 32.4 Å². The third-order valence-corrected chi connectivity index (χ3v) is 2.59. The lowest BCUT2D eigenvalue weighted by molar-refractivity contribution is -0.148. The van der Waals surface area contributed by atoms with E-state index in [0.717, 1.165) is 0 Å². The molecule has 0 radical (unpaired) electrons. The van der Waals surface area contributed by atoms with Crippen molar-refractivity contribution in [1.29, 1.82) is 0 Å². The Morgan fingerprint density at radius 3 is 2.61 bits per heavy atom. The summed E-state index contributed by atoms with van der Waals surface area (Å²) in [6.45, 7) is 4.49. The van der Waals surface area contributed by atoms with Crippen LogP contribution in [0.5, 0.6) is 5.75 Å². The van der Waals surface area contributed by atoms with E-state index >= 15 is 0 Å². The Morgan fingerprint density at radius 2 is 2.11 bits per heavy atom. The van der Waals surface area contributed by atoms with Crippen LogP contribution in [-0.2, 0) is 4.79 Å². The average Bonchev–Trinajstić information content (AvgIpc) is 2.27. The van der Waals surface area contributed by atoms with E-state index in [0.29, 0.717) is 11.3 Å². The minimum Gasteiger partial charge on any atom is -0.492 e. The molecule has 0 saturated heterocycles. The smallest absolute Gasteiger partial charge is 0.312 e. The van der Waals surface area contributed by atoms with Crippen molar-refractivity contribution >= 4 is 5.97 Å². The van der Waals surface area contributed by atoms with Gasteiger partial charge >= 0.3 is 5.97 Å². The van der Waals surface area contributed by atoms with Crippen LogP contribution in [0, 0.1) is 11.2 Å². The van der Waals surface area contributed by atoms with Crippen molar-refractivity contribution in [3.05, 3.63) is 29.6 Å². The summed E-state index contributed by atoms with van der Waals surface area (Å²) in [4.78, 5) is 10.9. The van der Waals surface area contributed by atoms with Crippen LogP contribution < -0.4 is 4.74 Å². The van der Waals surface area contributed by atoms with Crippen LogP contribution in [0.25, 0.3) is 0 Å². The van der Waals surface area contributed by atoms with E-state index in [-0.39, 0.29) is 6.61 Å². The minimum atomic E-state index is -1.05. The number of benzene rings is 1. The highest BCUT2D eigenvalue weighted by molar-refractivity contribution is 5.73. The first-order chi connectivity index (χ1) is 8.24. The number of rotatable bonds is 5. The molecular weight excluding hydrogens is 239 g/mol. The highest BCUT2D eigenvalue weighted by Gasteiger charge is 2.28. The van der Waals surface area contributed by atoms with Crippen LogP contribution in [-0.4, -0.2) is 22.8 Å². The highest BCUT2D eigenvalue weighted by Crippen LogP contribution is 2.27. The first kappa shape index (κ1) is 14.4. The largest absolute Gasteiger partial charge is 0.492 e. The van der Waals surface area contributed by atoms with Gasteiger partial charge in [-0.05, 0) is 39.0 Å². The molecule has 0 amide bonds. The Bertz CT molecular complexity index is 441. The molecule has 2 N–H and O–H groups in total. The topological polar surface area (TPSA) is 66.8 Å². The van der Waals surface area contributed by atoms with E-state index in [1.54, 1.807) is 0 Å². The van der Waals surface area contributed by atoms with Crippen LogP contribution in [0.4, 0.5) is 4.39 Å². The number of carboxylic acid groups (broad SMARTS) is 1. The van der Waals surface area contributed by atoms with Crippen LogP contribution in [0.3, 0.4) is 0 Å². The van der Waals surface area contributed by atoms with Crippen molar-refractivity contribution in [1.82, 2.24) is 0 Å². The maximum absolute atomic E-state index is 13.0. The van der Waals surface area contributed by atoms with E-state index in [4.69, 9.17) is 9.84 Å². The van der Waals surface area contributed by atoms with Gasteiger partial charge in [-0.2, -0.15) is 0 Å². The molecule has 1 aromatic carbocycles. The zero-order valence-electron chi connectivity index (χ0n) is 10.6. The summed E-state index contributed by atoms with van der Waals surface area (Å²) in [6.07, 6.45) is -0.886. The molecule has 1 rings (SSSR count). The second kappa shape index (κ2) is 5.35. The second-order valence-corrected chi connectivity index (χ2v) is 4.84. The van der Waals surface area contributed by atoms with Gasteiger partial charge in [-0.1, -0.05) is 0 Å². The first-order valence-electron chi connectivity index (χ1n) is 5.58. The van der Waals surface area contributed by atoms with Crippen LogP contribution in [0.2, 0.25) is 0 Å². The quantitative estimate of drug-likeness (QED) is 0.848. The first-order valence-corrected chi connectivity index (χ1v) is 5.58. The third-order valence-electron chi connectivity index (χ3n) is 2.59. The number of carboxylic acids is 1. The minimum absolute atomic E-state index is 0.0618. The fraction of sp³-hybridized carbons (Fsp3) is 0.462. The molecule has 0 unspecified atom stereocenters. The number of aliphatic hydroxyl groups excluding tert-OH is 1. The lowest BCUT2D eigenvalue weighted by Gasteiger charge is -2.21. The number of ether oxygens (including phenoxy) is 1. The van der Waals surface area contributed by atoms with E-state index < -0.39 is 23.3 Å². The van der Waals surface area contributed by atoms with Gasteiger partial charge in [0.15, 0.2) is 0 Å². The van der Waals surface area contributed by atoms with E-state index in [1.807, 2.05) is 0 Å². The van der Waals surface area contributed by atoms with Gasteiger partial charge in [-0.25, -0.2) is 4.39 Å². The molecule has 0 aliphatic heterocycles. The van der Waals surface area contributed by atoms with Gasteiger partial charge in [0.1, 0.15) is 18.2 Å². The van der Waals surface area contributed by atoms with Crippen molar-refractivity contribution in [3.8, 4) is 5.75 Å². The Labute approximate surface area is 105 Å². The van der Waals surface area contributed by atoms with Crippen molar-refractivity contribution in [2.75, 3.05) is 6.61 Å². The summed E-state index contributed by atoms with van der Waals surface area (Å²) in [5, 5.41) is 18.5. The molecule has 0 spiro atoms. The Hall–Kier alpha value is -1.62. The molecule has 1 atom stereocenters. The van der Waals surface area contributed by atoms with Gasteiger partial charge in [-0.15, -0.1) is 0 Å². The van der Waals surface area contributed by atoms with E-state index in [9.17, 15) is 14.3 Å². The molecule has 0 fully saturated rings.